The Morgan fingerprint density at radius 2 is 2.10 bits per heavy atom. The van der Waals surface area contributed by atoms with E-state index in [1.54, 1.807) is 26.6 Å². The molecule has 0 saturated carbocycles. The van der Waals surface area contributed by atoms with Crippen LogP contribution in [0.2, 0.25) is 0 Å². The normalized spacial score (nSPS) is 14.9. The fraction of sp³-hybridized carbons (Fsp3) is 0.381. The molecule has 0 unspecified atom stereocenters. The quantitative estimate of drug-likeness (QED) is 0.696. The maximum Gasteiger partial charge on any atom is 0.407 e. The molecule has 2 aromatic rings. The Balaban J connectivity index is 1.65. The number of carboxylic acid groups (broad SMARTS) is 1. The number of rotatable bonds is 7. The van der Waals surface area contributed by atoms with Gasteiger partial charge >= 0.3 is 6.09 Å². The van der Waals surface area contributed by atoms with Gasteiger partial charge in [0.15, 0.2) is 5.82 Å². The van der Waals surface area contributed by atoms with E-state index in [0.717, 1.165) is 29.7 Å². The number of methoxy groups -OCH3 is 2. The smallest absolute Gasteiger partial charge is 0.407 e. The molecule has 29 heavy (non-hydrogen) atoms. The van der Waals surface area contributed by atoms with E-state index in [1.807, 2.05) is 30.3 Å². The standard InChI is InChI=1S/C21H26N4O4/c1-28-18-6-5-15(19(12-18)29-2)13-24-20-16(4-3-9-22-20)14-23-17-7-10-25(11-8-17)21(26)27/h3-6,9,12-13,17,23H,7-8,10-11,14H2,1-2H3,(H,26,27)/b24-13+. The molecule has 3 rings (SSSR count). The number of piperidine rings is 1. The number of carbonyl (C=O) groups is 1. The number of aliphatic imine (C=N–C) groups is 1. The molecule has 1 saturated heterocycles. The first-order valence-corrected chi connectivity index (χ1v) is 9.52. The van der Waals surface area contributed by atoms with Crippen LogP contribution in [0.1, 0.15) is 24.0 Å². The summed E-state index contributed by atoms with van der Waals surface area (Å²) in [5.41, 5.74) is 1.82. The molecule has 1 aliphatic rings. The number of nitrogens with zero attached hydrogens (tertiary/aromatic N) is 3. The number of pyridine rings is 1. The lowest BCUT2D eigenvalue weighted by Gasteiger charge is -2.30. The number of aromatic nitrogens is 1. The van der Waals surface area contributed by atoms with Gasteiger partial charge in [0.25, 0.3) is 0 Å². The number of hydrogen-bond donors (Lipinski definition) is 2. The monoisotopic (exact) mass is 398 g/mol. The van der Waals surface area contributed by atoms with Crippen molar-refractivity contribution in [3.05, 3.63) is 47.7 Å². The fourth-order valence-electron chi connectivity index (χ4n) is 3.27. The molecule has 0 bridgehead atoms. The van der Waals surface area contributed by atoms with E-state index in [-0.39, 0.29) is 6.04 Å². The van der Waals surface area contributed by atoms with Crippen LogP contribution in [0, 0.1) is 0 Å². The third-order valence-electron chi connectivity index (χ3n) is 4.98. The molecule has 8 nitrogen and oxygen atoms in total. The molecule has 8 heteroatoms. The minimum atomic E-state index is -0.846. The lowest BCUT2D eigenvalue weighted by atomic mass is 10.1. The summed E-state index contributed by atoms with van der Waals surface area (Å²) in [6.45, 7) is 1.74. The molecule has 0 atom stereocenters. The number of hydrogen-bond acceptors (Lipinski definition) is 6. The van der Waals surface area contributed by atoms with Gasteiger partial charge in [0.1, 0.15) is 11.5 Å². The van der Waals surface area contributed by atoms with Crippen molar-refractivity contribution in [2.24, 2.45) is 4.99 Å². The highest BCUT2D eigenvalue weighted by Crippen LogP contribution is 2.24. The van der Waals surface area contributed by atoms with E-state index in [1.165, 1.54) is 4.90 Å². The van der Waals surface area contributed by atoms with Gasteiger partial charge in [0, 0.05) is 55.3 Å². The van der Waals surface area contributed by atoms with Crippen molar-refractivity contribution in [2.45, 2.75) is 25.4 Å². The Labute approximate surface area is 170 Å². The third-order valence-corrected chi connectivity index (χ3v) is 4.98. The third kappa shape index (κ3) is 5.45. The van der Waals surface area contributed by atoms with Crippen molar-refractivity contribution in [1.29, 1.82) is 0 Å². The van der Waals surface area contributed by atoms with Crippen molar-refractivity contribution in [3.63, 3.8) is 0 Å². The SMILES string of the molecule is COc1ccc(/C=N/c2ncccc2CNC2CCN(C(=O)O)CC2)c(OC)c1. The predicted molar refractivity (Wildman–Crippen MR) is 110 cm³/mol. The van der Waals surface area contributed by atoms with Gasteiger partial charge < -0.3 is 24.8 Å². The highest BCUT2D eigenvalue weighted by Gasteiger charge is 2.21. The second kappa shape index (κ2) is 9.88. The molecule has 1 fully saturated rings. The summed E-state index contributed by atoms with van der Waals surface area (Å²) in [6, 6.07) is 9.71. The number of amides is 1. The zero-order valence-electron chi connectivity index (χ0n) is 16.7. The molecule has 1 amide bonds. The van der Waals surface area contributed by atoms with Gasteiger partial charge in [0.05, 0.1) is 14.2 Å². The first-order valence-electron chi connectivity index (χ1n) is 9.52. The summed E-state index contributed by atoms with van der Waals surface area (Å²) >= 11 is 0. The molecule has 2 N–H and O–H groups in total. The Bertz CT molecular complexity index is 864. The van der Waals surface area contributed by atoms with Crippen LogP contribution in [-0.4, -0.2) is 60.6 Å². The minimum absolute atomic E-state index is 0.282. The molecular weight excluding hydrogens is 372 g/mol. The molecule has 0 radical (unpaired) electrons. The van der Waals surface area contributed by atoms with Crippen LogP contribution in [0.4, 0.5) is 10.6 Å². The van der Waals surface area contributed by atoms with Crippen molar-refractivity contribution in [1.82, 2.24) is 15.2 Å². The molecule has 0 spiro atoms. The summed E-state index contributed by atoms with van der Waals surface area (Å²) in [7, 11) is 3.22. The van der Waals surface area contributed by atoms with Gasteiger partial charge in [0.2, 0.25) is 0 Å². The molecule has 0 aliphatic carbocycles. The second-order valence-electron chi connectivity index (χ2n) is 6.78. The van der Waals surface area contributed by atoms with Gasteiger partial charge in [-0.3, -0.25) is 0 Å². The van der Waals surface area contributed by atoms with Gasteiger partial charge in [-0.2, -0.15) is 0 Å². The van der Waals surface area contributed by atoms with Crippen molar-refractivity contribution in [3.8, 4) is 11.5 Å². The first-order chi connectivity index (χ1) is 14.1. The topological polar surface area (TPSA) is 96.3 Å². The summed E-state index contributed by atoms with van der Waals surface area (Å²) in [5.74, 6) is 2.03. The van der Waals surface area contributed by atoms with Crippen LogP contribution in [0.5, 0.6) is 11.5 Å². The highest BCUT2D eigenvalue weighted by atomic mass is 16.5. The number of nitrogens with one attached hydrogen (secondary N) is 1. The lowest BCUT2D eigenvalue weighted by Crippen LogP contribution is -2.44. The fourth-order valence-corrected chi connectivity index (χ4v) is 3.27. The Morgan fingerprint density at radius 1 is 1.31 bits per heavy atom. The largest absolute Gasteiger partial charge is 0.497 e. The van der Waals surface area contributed by atoms with Crippen LogP contribution in [0.25, 0.3) is 0 Å². The lowest BCUT2D eigenvalue weighted by molar-refractivity contribution is 0.129. The van der Waals surface area contributed by atoms with Crippen molar-refractivity contribution >= 4 is 18.1 Å². The van der Waals surface area contributed by atoms with Crippen LogP contribution >= 0.6 is 0 Å². The second-order valence-corrected chi connectivity index (χ2v) is 6.78. The van der Waals surface area contributed by atoms with Crippen LogP contribution in [0.15, 0.2) is 41.5 Å². The molecule has 1 aromatic heterocycles. The zero-order valence-corrected chi connectivity index (χ0v) is 16.7. The van der Waals surface area contributed by atoms with Gasteiger partial charge in [-0.25, -0.2) is 14.8 Å². The molecule has 154 valence electrons. The van der Waals surface area contributed by atoms with Crippen molar-refractivity contribution < 1.29 is 19.4 Å². The summed E-state index contributed by atoms with van der Waals surface area (Å²) in [6.07, 6.45) is 4.20. The molecule has 2 heterocycles. The van der Waals surface area contributed by atoms with Gasteiger partial charge in [-0.1, -0.05) is 6.07 Å². The average molecular weight is 398 g/mol. The Hall–Kier alpha value is -3.13. The van der Waals surface area contributed by atoms with E-state index >= 15 is 0 Å². The zero-order chi connectivity index (χ0) is 20.6. The van der Waals surface area contributed by atoms with Gasteiger partial charge in [-0.05, 0) is 31.0 Å². The first kappa shape index (κ1) is 20.6. The van der Waals surface area contributed by atoms with Crippen molar-refractivity contribution in [2.75, 3.05) is 27.3 Å². The van der Waals surface area contributed by atoms with Crippen LogP contribution < -0.4 is 14.8 Å². The van der Waals surface area contributed by atoms with Crippen LogP contribution in [-0.2, 0) is 6.54 Å². The number of likely N-dealkylation sites (tertiary alicyclic amines) is 1. The van der Waals surface area contributed by atoms with E-state index < -0.39 is 6.09 Å². The maximum absolute atomic E-state index is 11.0. The number of benzene rings is 1. The summed E-state index contributed by atoms with van der Waals surface area (Å²) in [4.78, 5) is 21.4. The average Bonchev–Trinajstić information content (AvgIpc) is 2.76. The summed E-state index contributed by atoms with van der Waals surface area (Å²) in [5, 5.41) is 12.6. The molecule has 1 aliphatic heterocycles. The molecular formula is C21H26N4O4. The van der Waals surface area contributed by atoms with Gasteiger partial charge in [-0.15, -0.1) is 0 Å². The van der Waals surface area contributed by atoms with E-state index in [0.29, 0.717) is 31.2 Å². The Morgan fingerprint density at radius 3 is 2.79 bits per heavy atom. The predicted octanol–water partition coefficient (Wildman–Crippen LogP) is 3.08. The highest BCUT2D eigenvalue weighted by molar-refractivity contribution is 5.85. The number of ether oxygens (including phenoxy) is 2. The van der Waals surface area contributed by atoms with Crippen LogP contribution in [0.3, 0.4) is 0 Å². The van der Waals surface area contributed by atoms with E-state index in [2.05, 4.69) is 15.3 Å². The minimum Gasteiger partial charge on any atom is -0.497 e. The van der Waals surface area contributed by atoms with E-state index in [9.17, 15) is 4.79 Å². The van der Waals surface area contributed by atoms with E-state index in [4.69, 9.17) is 14.6 Å². The maximum atomic E-state index is 11.0. The Kier molecular flexibility index (Phi) is 7.02. The summed E-state index contributed by atoms with van der Waals surface area (Å²) < 4.78 is 10.6. The molecule has 1 aromatic carbocycles.